The highest BCUT2D eigenvalue weighted by atomic mass is 35.5. The lowest BCUT2D eigenvalue weighted by Crippen LogP contribution is -2.08. The maximum absolute atomic E-state index is 12.9. The van der Waals surface area contributed by atoms with E-state index in [2.05, 4.69) is 15.5 Å². The zero-order valence-electron chi connectivity index (χ0n) is 10.5. The van der Waals surface area contributed by atoms with Gasteiger partial charge in [-0.15, -0.1) is 10.2 Å². The van der Waals surface area contributed by atoms with Gasteiger partial charge in [0.1, 0.15) is 5.82 Å². The summed E-state index contributed by atoms with van der Waals surface area (Å²) in [5.41, 5.74) is 0.890. The van der Waals surface area contributed by atoms with Crippen LogP contribution in [0, 0.1) is 5.82 Å². The highest BCUT2D eigenvalue weighted by Gasteiger charge is 2.08. The molecule has 0 bridgehead atoms. The van der Waals surface area contributed by atoms with Gasteiger partial charge in [-0.3, -0.25) is 0 Å². The number of anilines is 1. The van der Waals surface area contributed by atoms with Gasteiger partial charge in [0.25, 0.3) is 0 Å². The summed E-state index contributed by atoms with van der Waals surface area (Å²) in [7, 11) is 0. The fraction of sp³-hybridized carbons (Fsp3) is 0.333. The summed E-state index contributed by atoms with van der Waals surface area (Å²) in [6.45, 7) is 4.10. The normalized spacial score (nSPS) is 11.0. The average Bonchev–Trinajstić information content (AvgIpc) is 2.74. The van der Waals surface area contributed by atoms with E-state index in [9.17, 15) is 4.39 Å². The summed E-state index contributed by atoms with van der Waals surface area (Å²) in [6, 6.07) is 4.76. The predicted molar refractivity (Wildman–Crippen MR) is 79.6 cm³/mol. The van der Waals surface area contributed by atoms with Crippen LogP contribution in [-0.2, 0) is 5.75 Å². The van der Waals surface area contributed by atoms with Gasteiger partial charge in [-0.25, -0.2) is 4.39 Å². The van der Waals surface area contributed by atoms with Crippen molar-refractivity contribution in [2.75, 3.05) is 5.32 Å². The number of nitrogens with zero attached hydrogens (tertiary/aromatic N) is 2. The van der Waals surface area contributed by atoms with Crippen molar-refractivity contribution in [2.45, 2.75) is 30.0 Å². The first kappa shape index (κ1) is 14.6. The summed E-state index contributed by atoms with van der Waals surface area (Å²) in [5.74, 6) is 0.327. The molecule has 0 spiro atoms. The number of aromatic nitrogens is 2. The molecule has 1 N–H and O–H groups in total. The van der Waals surface area contributed by atoms with Crippen molar-refractivity contribution in [3.63, 3.8) is 0 Å². The summed E-state index contributed by atoms with van der Waals surface area (Å²) in [6.07, 6.45) is 0. The van der Waals surface area contributed by atoms with Gasteiger partial charge in [-0.1, -0.05) is 40.8 Å². The Morgan fingerprint density at radius 1 is 1.42 bits per heavy atom. The summed E-state index contributed by atoms with van der Waals surface area (Å²) < 4.78 is 13.8. The molecule has 0 aliphatic carbocycles. The van der Waals surface area contributed by atoms with Crippen LogP contribution in [0.25, 0.3) is 0 Å². The van der Waals surface area contributed by atoms with Gasteiger partial charge < -0.3 is 5.32 Å². The first-order valence-corrected chi connectivity index (χ1v) is 7.89. The van der Waals surface area contributed by atoms with Gasteiger partial charge >= 0.3 is 0 Å². The SMILES string of the molecule is CC(C)Nc1nnc(SCc2ccc(F)cc2Cl)s1. The van der Waals surface area contributed by atoms with Crippen LogP contribution in [0.4, 0.5) is 9.52 Å². The van der Waals surface area contributed by atoms with E-state index in [0.29, 0.717) is 16.8 Å². The lowest BCUT2D eigenvalue weighted by atomic mass is 10.2. The number of benzene rings is 1. The van der Waals surface area contributed by atoms with Crippen molar-refractivity contribution in [2.24, 2.45) is 0 Å². The van der Waals surface area contributed by atoms with Crippen LogP contribution >= 0.6 is 34.7 Å². The monoisotopic (exact) mass is 317 g/mol. The molecule has 0 aliphatic rings. The Morgan fingerprint density at radius 2 is 2.21 bits per heavy atom. The molecule has 1 aromatic carbocycles. The second-order valence-corrected chi connectivity index (χ2v) is 6.80. The van der Waals surface area contributed by atoms with Crippen LogP contribution in [-0.4, -0.2) is 16.2 Å². The molecular formula is C12H13ClFN3S2. The van der Waals surface area contributed by atoms with Crippen LogP contribution in [0.3, 0.4) is 0 Å². The number of thioether (sulfide) groups is 1. The third kappa shape index (κ3) is 4.33. The number of nitrogens with one attached hydrogen (secondary N) is 1. The van der Waals surface area contributed by atoms with Crippen LogP contribution in [0.1, 0.15) is 19.4 Å². The molecular weight excluding hydrogens is 305 g/mol. The molecule has 0 radical (unpaired) electrons. The largest absolute Gasteiger partial charge is 0.358 e. The first-order valence-electron chi connectivity index (χ1n) is 5.71. The first-order chi connectivity index (χ1) is 9.04. The fourth-order valence-corrected chi connectivity index (χ4v) is 3.57. The predicted octanol–water partition coefficient (Wildman–Crippen LogP) is 4.44. The maximum Gasteiger partial charge on any atom is 0.206 e. The molecule has 0 amide bonds. The smallest absolute Gasteiger partial charge is 0.206 e. The fourth-order valence-electron chi connectivity index (χ4n) is 1.35. The van der Waals surface area contributed by atoms with Crippen LogP contribution in [0.2, 0.25) is 5.02 Å². The Balaban J connectivity index is 1.96. The second-order valence-electron chi connectivity index (χ2n) is 4.20. The Morgan fingerprint density at radius 3 is 2.89 bits per heavy atom. The molecule has 0 atom stereocenters. The van der Waals surface area contributed by atoms with E-state index in [1.54, 1.807) is 6.07 Å². The summed E-state index contributed by atoms with van der Waals surface area (Å²) in [5, 5.41) is 12.6. The van der Waals surface area contributed by atoms with Crippen molar-refractivity contribution >= 4 is 39.8 Å². The Bertz CT molecular complexity index is 560. The van der Waals surface area contributed by atoms with Gasteiger partial charge in [0, 0.05) is 16.8 Å². The standard InChI is InChI=1S/C12H13ClFN3S2/c1-7(2)15-11-16-17-12(19-11)18-6-8-3-4-9(14)5-10(8)13/h3-5,7H,6H2,1-2H3,(H,15,16). The number of halogens is 2. The van der Waals surface area contributed by atoms with Crippen molar-refractivity contribution in [1.82, 2.24) is 10.2 Å². The topological polar surface area (TPSA) is 37.8 Å². The molecule has 3 nitrogen and oxygen atoms in total. The lowest BCUT2D eigenvalue weighted by molar-refractivity contribution is 0.627. The molecule has 0 saturated heterocycles. The van der Waals surface area contributed by atoms with Gasteiger partial charge in [0.15, 0.2) is 4.34 Å². The number of rotatable bonds is 5. The molecule has 1 aromatic heterocycles. The Labute approximate surface area is 124 Å². The van der Waals surface area contributed by atoms with E-state index in [0.717, 1.165) is 15.0 Å². The summed E-state index contributed by atoms with van der Waals surface area (Å²) >= 11 is 9.01. The second kappa shape index (κ2) is 6.54. The Kier molecular flexibility index (Phi) is 5.01. The number of hydrogen-bond acceptors (Lipinski definition) is 5. The molecule has 0 unspecified atom stereocenters. The van der Waals surface area contributed by atoms with Crippen LogP contribution in [0.15, 0.2) is 22.5 Å². The minimum atomic E-state index is -0.321. The molecule has 7 heteroatoms. The van der Waals surface area contributed by atoms with Crippen LogP contribution < -0.4 is 5.32 Å². The minimum Gasteiger partial charge on any atom is -0.358 e. The van der Waals surface area contributed by atoms with Crippen LogP contribution in [0.5, 0.6) is 0 Å². The van der Waals surface area contributed by atoms with Gasteiger partial charge in [-0.2, -0.15) is 0 Å². The molecule has 0 fully saturated rings. The average molecular weight is 318 g/mol. The van der Waals surface area contributed by atoms with E-state index in [1.807, 2.05) is 13.8 Å². The van der Waals surface area contributed by atoms with Gasteiger partial charge in [0.2, 0.25) is 5.13 Å². The van der Waals surface area contributed by atoms with Gasteiger partial charge in [-0.05, 0) is 31.5 Å². The molecule has 1 heterocycles. The lowest BCUT2D eigenvalue weighted by Gasteiger charge is -2.03. The molecule has 102 valence electrons. The number of hydrogen-bond donors (Lipinski definition) is 1. The van der Waals surface area contributed by atoms with Crippen molar-refractivity contribution in [3.05, 3.63) is 34.6 Å². The Hall–Kier alpha value is -0.850. The van der Waals surface area contributed by atoms with Crippen molar-refractivity contribution < 1.29 is 4.39 Å². The van der Waals surface area contributed by atoms with E-state index >= 15 is 0 Å². The maximum atomic E-state index is 12.9. The van der Waals surface area contributed by atoms with Crippen molar-refractivity contribution in [3.8, 4) is 0 Å². The molecule has 2 aromatic rings. The third-order valence-electron chi connectivity index (χ3n) is 2.18. The van der Waals surface area contributed by atoms with E-state index < -0.39 is 0 Å². The highest BCUT2D eigenvalue weighted by Crippen LogP contribution is 2.30. The zero-order valence-corrected chi connectivity index (χ0v) is 12.9. The molecule has 0 aliphatic heterocycles. The zero-order chi connectivity index (χ0) is 13.8. The third-order valence-corrected chi connectivity index (χ3v) is 4.57. The minimum absolute atomic E-state index is 0.321. The van der Waals surface area contributed by atoms with E-state index in [4.69, 9.17) is 11.6 Å². The molecule has 2 rings (SSSR count). The highest BCUT2D eigenvalue weighted by molar-refractivity contribution is 8.00. The van der Waals surface area contributed by atoms with E-state index in [1.165, 1.54) is 35.2 Å². The van der Waals surface area contributed by atoms with E-state index in [-0.39, 0.29) is 5.82 Å². The quantitative estimate of drug-likeness (QED) is 0.827. The summed E-state index contributed by atoms with van der Waals surface area (Å²) in [4.78, 5) is 0. The molecule has 0 saturated carbocycles. The van der Waals surface area contributed by atoms with Gasteiger partial charge in [0.05, 0.1) is 0 Å². The molecule has 19 heavy (non-hydrogen) atoms. The van der Waals surface area contributed by atoms with Crippen molar-refractivity contribution in [1.29, 1.82) is 0 Å².